The molecule has 0 unspecified atom stereocenters. The summed E-state index contributed by atoms with van der Waals surface area (Å²) in [6.07, 6.45) is 16.6. The lowest BCUT2D eigenvalue weighted by molar-refractivity contribution is 0.248. The van der Waals surface area contributed by atoms with Gasteiger partial charge in [0, 0.05) is 5.56 Å². The van der Waals surface area contributed by atoms with Crippen LogP contribution in [-0.2, 0) is 6.42 Å². The third kappa shape index (κ3) is 7.13. The monoisotopic (exact) mass is 394 g/mol. The van der Waals surface area contributed by atoms with Gasteiger partial charge in [0.1, 0.15) is 5.75 Å². The van der Waals surface area contributed by atoms with Crippen LogP contribution in [0.15, 0.2) is 36.4 Å². The van der Waals surface area contributed by atoms with Crippen LogP contribution in [0.4, 0.5) is 0 Å². The molecule has 1 saturated carbocycles. The molecule has 0 amide bonds. The second kappa shape index (κ2) is 11.9. The van der Waals surface area contributed by atoms with Crippen LogP contribution in [0, 0.1) is 11.8 Å². The van der Waals surface area contributed by atoms with Gasteiger partial charge in [-0.15, -0.1) is 0 Å². The van der Waals surface area contributed by atoms with Crippen molar-refractivity contribution < 1.29 is 4.74 Å². The lowest BCUT2D eigenvalue weighted by atomic mass is 9.78. The number of rotatable bonds is 11. The number of aromatic nitrogens is 2. The van der Waals surface area contributed by atoms with Gasteiger partial charge in [0.05, 0.1) is 18.5 Å². The molecule has 0 radical (unpaired) electrons. The minimum Gasteiger partial charge on any atom is -0.497 e. The van der Waals surface area contributed by atoms with Crippen molar-refractivity contribution in [3.63, 3.8) is 0 Å². The Bertz CT molecular complexity index is 688. The van der Waals surface area contributed by atoms with Crippen molar-refractivity contribution in [2.75, 3.05) is 7.11 Å². The molecule has 1 heterocycles. The van der Waals surface area contributed by atoms with Crippen LogP contribution in [0.1, 0.15) is 83.2 Å². The molecule has 3 nitrogen and oxygen atoms in total. The Kier molecular flexibility index (Phi) is 8.98. The van der Waals surface area contributed by atoms with Crippen molar-refractivity contribution in [1.29, 1.82) is 0 Å². The standard InChI is InChI=1S/C26H38N2O/c1-3-4-5-6-7-8-21-9-11-22(12-10-21)13-16-24-17-20-26(28-27-24)23-14-18-25(29-2)19-15-23/h14-15,17-22H,3-13,16H2,1-2H3. The van der Waals surface area contributed by atoms with Crippen molar-refractivity contribution in [3.8, 4) is 17.0 Å². The van der Waals surface area contributed by atoms with E-state index in [1.165, 1.54) is 70.6 Å². The topological polar surface area (TPSA) is 35.0 Å². The number of hydrogen-bond acceptors (Lipinski definition) is 3. The molecule has 2 aromatic rings. The highest BCUT2D eigenvalue weighted by molar-refractivity contribution is 5.59. The van der Waals surface area contributed by atoms with Gasteiger partial charge in [0.2, 0.25) is 0 Å². The van der Waals surface area contributed by atoms with Gasteiger partial charge in [-0.25, -0.2) is 0 Å². The quantitative estimate of drug-likeness (QED) is 0.376. The lowest BCUT2D eigenvalue weighted by Gasteiger charge is -2.28. The van der Waals surface area contributed by atoms with Crippen LogP contribution < -0.4 is 4.74 Å². The maximum atomic E-state index is 5.22. The first-order chi connectivity index (χ1) is 14.3. The summed E-state index contributed by atoms with van der Waals surface area (Å²) in [6, 6.07) is 12.2. The number of aryl methyl sites for hydroxylation is 1. The number of methoxy groups -OCH3 is 1. The molecule has 0 spiro atoms. The minimum atomic E-state index is 0.865. The van der Waals surface area contributed by atoms with E-state index in [2.05, 4.69) is 29.3 Å². The van der Waals surface area contributed by atoms with E-state index in [0.717, 1.165) is 41.0 Å². The fourth-order valence-electron chi connectivity index (χ4n) is 4.61. The molecule has 3 rings (SSSR count). The van der Waals surface area contributed by atoms with Crippen molar-refractivity contribution in [2.24, 2.45) is 11.8 Å². The van der Waals surface area contributed by atoms with Crippen molar-refractivity contribution >= 4 is 0 Å². The van der Waals surface area contributed by atoms with E-state index in [9.17, 15) is 0 Å². The smallest absolute Gasteiger partial charge is 0.118 e. The van der Waals surface area contributed by atoms with Crippen LogP contribution in [0.5, 0.6) is 5.75 Å². The third-order valence-corrected chi connectivity index (χ3v) is 6.60. The Hall–Kier alpha value is -1.90. The normalized spacial score (nSPS) is 19.2. The van der Waals surface area contributed by atoms with Crippen molar-refractivity contribution in [3.05, 3.63) is 42.1 Å². The van der Waals surface area contributed by atoms with E-state index in [1.807, 2.05) is 24.3 Å². The Morgan fingerprint density at radius 3 is 2.10 bits per heavy atom. The number of benzene rings is 1. The Morgan fingerprint density at radius 1 is 0.793 bits per heavy atom. The first-order valence-corrected chi connectivity index (χ1v) is 11.8. The second-order valence-electron chi connectivity index (χ2n) is 8.77. The molecule has 1 aromatic carbocycles. The maximum absolute atomic E-state index is 5.22. The predicted molar refractivity (Wildman–Crippen MR) is 121 cm³/mol. The van der Waals surface area contributed by atoms with Crippen LogP contribution in [0.25, 0.3) is 11.3 Å². The third-order valence-electron chi connectivity index (χ3n) is 6.60. The molecule has 1 aliphatic rings. The van der Waals surface area contributed by atoms with E-state index in [4.69, 9.17) is 4.74 Å². The summed E-state index contributed by atoms with van der Waals surface area (Å²) < 4.78 is 5.22. The molecular weight excluding hydrogens is 356 g/mol. The number of hydrogen-bond donors (Lipinski definition) is 0. The van der Waals surface area contributed by atoms with Gasteiger partial charge in [-0.2, -0.15) is 10.2 Å². The van der Waals surface area contributed by atoms with Crippen LogP contribution >= 0.6 is 0 Å². The maximum Gasteiger partial charge on any atom is 0.118 e. The predicted octanol–water partition coefficient (Wildman–Crippen LogP) is 7.25. The first kappa shape index (κ1) is 21.8. The summed E-state index contributed by atoms with van der Waals surface area (Å²) in [5.41, 5.74) is 3.13. The average Bonchev–Trinajstić information content (AvgIpc) is 2.79. The highest BCUT2D eigenvalue weighted by Gasteiger charge is 2.20. The molecule has 0 saturated heterocycles. The van der Waals surface area contributed by atoms with Gasteiger partial charge >= 0.3 is 0 Å². The second-order valence-corrected chi connectivity index (χ2v) is 8.77. The van der Waals surface area contributed by atoms with Crippen molar-refractivity contribution in [1.82, 2.24) is 10.2 Å². The van der Waals surface area contributed by atoms with Gasteiger partial charge in [-0.1, -0.05) is 71.1 Å². The van der Waals surface area contributed by atoms with Crippen molar-refractivity contribution in [2.45, 2.75) is 84.0 Å². The molecular formula is C26H38N2O. The molecule has 0 bridgehead atoms. The summed E-state index contributed by atoms with van der Waals surface area (Å²) in [7, 11) is 1.69. The number of unbranched alkanes of at least 4 members (excludes halogenated alkanes) is 4. The lowest BCUT2D eigenvalue weighted by Crippen LogP contribution is -2.15. The average molecular weight is 395 g/mol. The van der Waals surface area contributed by atoms with E-state index in [-0.39, 0.29) is 0 Å². The van der Waals surface area contributed by atoms with Gasteiger partial charge in [-0.05, 0) is 61.1 Å². The molecule has 0 N–H and O–H groups in total. The molecule has 29 heavy (non-hydrogen) atoms. The summed E-state index contributed by atoms with van der Waals surface area (Å²) in [6.45, 7) is 2.29. The van der Waals surface area contributed by atoms with E-state index in [0.29, 0.717) is 0 Å². The molecule has 1 aliphatic carbocycles. The van der Waals surface area contributed by atoms with Crippen LogP contribution in [0.3, 0.4) is 0 Å². The Morgan fingerprint density at radius 2 is 1.48 bits per heavy atom. The summed E-state index contributed by atoms with van der Waals surface area (Å²) >= 11 is 0. The summed E-state index contributed by atoms with van der Waals surface area (Å²) in [5.74, 6) is 2.75. The fourth-order valence-corrected chi connectivity index (χ4v) is 4.61. The zero-order chi connectivity index (χ0) is 20.3. The van der Waals surface area contributed by atoms with Gasteiger partial charge < -0.3 is 4.74 Å². The van der Waals surface area contributed by atoms with Gasteiger partial charge in [-0.3, -0.25) is 0 Å². The number of nitrogens with zero attached hydrogens (tertiary/aromatic N) is 2. The Labute approximate surface area is 177 Å². The highest BCUT2D eigenvalue weighted by Crippen LogP contribution is 2.34. The molecule has 158 valence electrons. The van der Waals surface area contributed by atoms with E-state index >= 15 is 0 Å². The summed E-state index contributed by atoms with van der Waals surface area (Å²) in [5, 5.41) is 8.93. The number of ether oxygens (including phenoxy) is 1. The van der Waals surface area contributed by atoms with E-state index in [1.54, 1.807) is 7.11 Å². The minimum absolute atomic E-state index is 0.865. The first-order valence-electron chi connectivity index (χ1n) is 11.8. The summed E-state index contributed by atoms with van der Waals surface area (Å²) in [4.78, 5) is 0. The molecule has 0 aliphatic heterocycles. The molecule has 3 heteroatoms. The molecule has 1 fully saturated rings. The Balaban J connectivity index is 1.36. The zero-order valence-corrected chi connectivity index (χ0v) is 18.4. The zero-order valence-electron chi connectivity index (χ0n) is 18.4. The van der Waals surface area contributed by atoms with E-state index < -0.39 is 0 Å². The van der Waals surface area contributed by atoms with Crippen LogP contribution in [-0.4, -0.2) is 17.3 Å². The van der Waals surface area contributed by atoms with Gasteiger partial charge in [0.25, 0.3) is 0 Å². The van der Waals surface area contributed by atoms with Gasteiger partial charge in [0.15, 0.2) is 0 Å². The largest absolute Gasteiger partial charge is 0.497 e. The SMILES string of the molecule is CCCCCCCC1CCC(CCc2ccc(-c3ccc(OC)cc3)nn2)CC1. The van der Waals surface area contributed by atoms with Crippen LogP contribution in [0.2, 0.25) is 0 Å². The highest BCUT2D eigenvalue weighted by atomic mass is 16.5. The molecule has 1 aromatic heterocycles. The molecule has 0 atom stereocenters. The fraction of sp³-hybridized carbons (Fsp3) is 0.615.